The fourth-order valence-electron chi connectivity index (χ4n) is 3.61. The largest absolute Gasteiger partial charge is 0.490 e. The van der Waals surface area contributed by atoms with E-state index in [0.29, 0.717) is 25.3 Å². The van der Waals surface area contributed by atoms with Gasteiger partial charge in [0.15, 0.2) is 0 Å². The lowest BCUT2D eigenvalue weighted by Crippen LogP contribution is -2.38. The fourth-order valence-corrected chi connectivity index (χ4v) is 3.61. The van der Waals surface area contributed by atoms with E-state index in [4.69, 9.17) is 4.74 Å². The number of carbonyl (C=O) groups is 2. The number of benzene rings is 2. The lowest BCUT2D eigenvalue weighted by Gasteiger charge is -2.30. The molecule has 0 bridgehead atoms. The van der Waals surface area contributed by atoms with Crippen LogP contribution < -0.4 is 15.0 Å². The Balaban J connectivity index is 1.62. The Kier molecular flexibility index (Phi) is 6.75. The van der Waals surface area contributed by atoms with Crippen LogP contribution in [0.3, 0.4) is 0 Å². The molecule has 0 fully saturated rings. The average molecular weight is 413 g/mol. The number of amides is 2. The summed E-state index contributed by atoms with van der Waals surface area (Å²) in [6, 6.07) is 13.4. The van der Waals surface area contributed by atoms with Crippen molar-refractivity contribution in [1.29, 1.82) is 0 Å². The molecule has 160 valence electrons. The second kappa shape index (κ2) is 9.28. The van der Waals surface area contributed by atoms with Gasteiger partial charge in [0.25, 0.3) is 0 Å². The number of para-hydroxylation sites is 2. The summed E-state index contributed by atoms with van der Waals surface area (Å²) in [5.41, 5.74) is 1.57. The molecule has 2 amide bonds. The van der Waals surface area contributed by atoms with Gasteiger partial charge in [0, 0.05) is 12.8 Å². The number of anilines is 1. The summed E-state index contributed by atoms with van der Waals surface area (Å²) in [5, 5.41) is 3.03. The molecule has 2 aromatic rings. The molecule has 1 heterocycles. The van der Waals surface area contributed by atoms with Gasteiger partial charge in [0.2, 0.25) is 11.8 Å². The zero-order chi connectivity index (χ0) is 21.7. The topological polar surface area (TPSA) is 58.6 Å². The SMILES string of the molecule is CC(C)(C)CC(NC(=O)CCC(=O)N1CCOc2ccccc21)c1ccc(F)cc1. The molecule has 5 nitrogen and oxygen atoms in total. The Morgan fingerprint density at radius 2 is 1.80 bits per heavy atom. The molecule has 0 spiro atoms. The first-order valence-electron chi connectivity index (χ1n) is 10.3. The van der Waals surface area contributed by atoms with Gasteiger partial charge in [-0.2, -0.15) is 0 Å². The van der Waals surface area contributed by atoms with Gasteiger partial charge in [-0.15, -0.1) is 0 Å². The van der Waals surface area contributed by atoms with Crippen LogP contribution in [0.25, 0.3) is 0 Å². The number of rotatable bonds is 6. The summed E-state index contributed by atoms with van der Waals surface area (Å²) >= 11 is 0. The summed E-state index contributed by atoms with van der Waals surface area (Å²) in [7, 11) is 0. The molecule has 0 aliphatic carbocycles. The van der Waals surface area contributed by atoms with Crippen molar-refractivity contribution in [3.63, 3.8) is 0 Å². The third kappa shape index (κ3) is 5.81. The maximum absolute atomic E-state index is 13.3. The third-order valence-electron chi connectivity index (χ3n) is 5.02. The highest BCUT2D eigenvalue weighted by Crippen LogP contribution is 2.32. The van der Waals surface area contributed by atoms with Crippen LogP contribution in [0.1, 0.15) is 51.6 Å². The van der Waals surface area contributed by atoms with Gasteiger partial charge in [-0.25, -0.2) is 4.39 Å². The molecule has 0 saturated carbocycles. The molecule has 2 aromatic carbocycles. The van der Waals surface area contributed by atoms with Crippen LogP contribution in [-0.4, -0.2) is 25.0 Å². The first-order valence-corrected chi connectivity index (χ1v) is 10.3. The Hall–Kier alpha value is -2.89. The maximum atomic E-state index is 13.3. The summed E-state index contributed by atoms with van der Waals surface area (Å²) in [5.74, 6) is 0.0811. The van der Waals surface area contributed by atoms with Crippen LogP contribution in [0.5, 0.6) is 5.75 Å². The van der Waals surface area contributed by atoms with Gasteiger partial charge in [-0.05, 0) is 41.7 Å². The van der Waals surface area contributed by atoms with Gasteiger partial charge >= 0.3 is 0 Å². The molecule has 6 heteroatoms. The molecular formula is C24H29FN2O3. The molecule has 1 aliphatic rings. The van der Waals surface area contributed by atoms with Crippen LogP contribution in [0.2, 0.25) is 0 Å². The predicted octanol–water partition coefficient (Wildman–Crippen LogP) is 4.63. The zero-order valence-corrected chi connectivity index (χ0v) is 17.8. The van der Waals surface area contributed by atoms with E-state index in [2.05, 4.69) is 26.1 Å². The van der Waals surface area contributed by atoms with E-state index in [-0.39, 0.29) is 41.9 Å². The van der Waals surface area contributed by atoms with Gasteiger partial charge in [0.05, 0.1) is 18.3 Å². The van der Waals surface area contributed by atoms with E-state index in [1.807, 2.05) is 24.3 Å². The number of halogens is 1. The van der Waals surface area contributed by atoms with Crippen molar-refractivity contribution in [3.05, 3.63) is 59.9 Å². The van der Waals surface area contributed by atoms with E-state index < -0.39 is 0 Å². The average Bonchev–Trinajstić information content (AvgIpc) is 2.70. The molecule has 0 saturated heterocycles. The number of hydrogen-bond acceptors (Lipinski definition) is 3. The smallest absolute Gasteiger partial charge is 0.227 e. The molecule has 1 unspecified atom stereocenters. The van der Waals surface area contributed by atoms with E-state index >= 15 is 0 Å². The molecule has 1 atom stereocenters. The fraction of sp³-hybridized carbons (Fsp3) is 0.417. The highest BCUT2D eigenvalue weighted by molar-refractivity contribution is 5.97. The molecule has 0 aromatic heterocycles. The number of nitrogens with zero attached hydrogens (tertiary/aromatic N) is 1. The standard InChI is InChI=1S/C24H29FN2O3/c1-24(2,3)16-19(17-8-10-18(25)11-9-17)26-22(28)12-13-23(29)27-14-15-30-21-7-5-4-6-20(21)27/h4-11,19H,12-16H2,1-3H3,(H,26,28). The molecule has 1 aliphatic heterocycles. The van der Waals surface area contributed by atoms with Gasteiger partial charge in [-0.3, -0.25) is 9.59 Å². The van der Waals surface area contributed by atoms with Crippen molar-refractivity contribution in [1.82, 2.24) is 5.32 Å². The van der Waals surface area contributed by atoms with Crippen molar-refractivity contribution in [3.8, 4) is 5.75 Å². The van der Waals surface area contributed by atoms with Gasteiger partial charge in [-0.1, -0.05) is 45.0 Å². The third-order valence-corrected chi connectivity index (χ3v) is 5.02. The molecule has 30 heavy (non-hydrogen) atoms. The highest BCUT2D eigenvalue weighted by atomic mass is 19.1. The highest BCUT2D eigenvalue weighted by Gasteiger charge is 2.25. The van der Waals surface area contributed by atoms with Crippen molar-refractivity contribution in [2.24, 2.45) is 5.41 Å². The number of fused-ring (bicyclic) bond motifs is 1. The van der Waals surface area contributed by atoms with E-state index in [0.717, 1.165) is 11.3 Å². The monoisotopic (exact) mass is 412 g/mol. The second-order valence-electron chi connectivity index (χ2n) is 8.80. The number of ether oxygens (including phenoxy) is 1. The lowest BCUT2D eigenvalue weighted by atomic mass is 9.85. The van der Waals surface area contributed by atoms with Crippen molar-refractivity contribution in [2.45, 2.75) is 46.1 Å². The van der Waals surface area contributed by atoms with E-state index in [1.165, 1.54) is 12.1 Å². The minimum atomic E-state index is -0.309. The zero-order valence-electron chi connectivity index (χ0n) is 17.8. The van der Waals surface area contributed by atoms with Crippen molar-refractivity contribution >= 4 is 17.5 Å². The quantitative estimate of drug-likeness (QED) is 0.753. The van der Waals surface area contributed by atoms with Gasteiger partial charge in [0.1, 0.15) is 18.2 Å². The van der Waals surface area contributed by atoms with Crippen molar-refractivity contribution < 1.29 is 18.7 Å². The lowest BCUT2D eigenvalue weighted by molar-refractivity contribution is -0.126. The first-order chi connectivity index (χ1) is 14.2. The second-order valence-corrected chi connectivity index (χ2v) is 8.80. The molecule has 1 N–H and O–H groups in total. The Labute approximate surface area is 177 Å². The Morgan fingerprint density at radius 3 is 2.50 bits per heavy atom. The number of hydrogen-bond donors (Lipinski definition) is 1. The van der Waals surface area contributed by atoms with Crippen LogP contribution >= 0.6 is 0 Å². The molecular weight excluding hydrogens is 383 g/mol. The normalized spacial score (nSPS) is 14.5. The summed E-state index contributed by atoms with van der Waals surface area (Å²) < 4.78 is 18.9. The first kappa shape index (κ1) is 21.8. The minimum Gasteiger partial charge on any atom is -0.490 e. The predicted molar refractivity (Wildman–Crippen MR) is 115 cm³/mol. The van der Waals surface area contributed by atoms with Crippen LogP contribution in [0, 0.1) is 11.2 Å². The van der Waals surface area contributed by atoms with Crippen LogP contribution in [-0.2, 0) is 9.59 Å². The minimum absolute atomic E-state index is 0.0281. The molecule has 3 rings (SSSR count). The van der Waals surface area contributed by atoms with Crippen LogP contribution in [0.15, 0.2) is 48.5 Å². The van der Waals surface area contributed by atoms with E-state index in [9.17, 15) is 14.0 Å². The maximum Gasteiger partial charge on any atom is 0.227 e. The number of nitrogens with one attached hydrogen (secondary N) is 1. The van der Waals surface area contributed by atoms with Gasteiger partial charge < -0.3 is 15.0 Å². The Morgan fingerprint density at radius 1 is 1.10 bits per heavy atom. The number of carbonyl (C=O) groups excluding carboxylic acids is 2. The summed E-state index contributed by atoms with van der Waals surface area (Å²) in [6.07, 6.45) is 0.918. The van der Waals surface area contributed by atoms with E-state index in [1.54, 1.807) is 17.0 Å². The summed E-state index contributed by atoms with van der Waals surface area (Å²) in [4.78, 5) is 27.0. The summed E-state index contributed by atoms with van der Waals surface area (Å²) in [6.45, 7) is 7.19. The molecule has 0 radical (unpaired) electrons. The van der Waals surface area contributed by atoms with Crippen molar-refractivity contribution in [2.75, 3.05) is 18.1 Å². The van der Waals surface area contributed by atoms with Crippen LogP contribution in [0.4, 0.5) is 10.1 Å². The Bertz CT molecular complexity index is 890.